The first kappa shape index (κ1) is 15.7. The van der Waals surface area contributed by atoms with E-state index in [2.05, 4.69) is 10.3 Å². The molecule has 2 aromatic carbocycles. The fraction of sp³-hybridized carbons (Fsp3) is 0.176. The molecule has 1 amide bonds. The van der Waals surface area contributed by atoms with Crippen molar-refractivity contribution in [1.29, 1.82) is 0 Å². The van der Waals surface area contributed by atoms with E-state index in [0.717, 1.165) is 5.56 Å². The second kappa shape index (κ2) is 5.63. The van der Waals surface area contributed by atoms with Crippen LogP contribution >= 0.6 is 11.6 Å². The van der Waals surface area contributed by atoms with Gasteiger partial charge < -0.3 is 14.5 Å². The number of anilines is 1. The number of nitrogens with one attached hydrogen (secondary N) is 2. The summed E-state index contributed by atoms with van der Waals surface area (Å²) in [4.78, 5) is 26.0. The number of amides is 1. The lowest BCUT2D eigenvalue weighted by Crippen LogP contribution is -2.23. The first-order valence-corrected chi connectivity index (χ1v) is 7.83. The van der Waals surface area contributed by atoms with Gasteiger partial charge in [0.2, 0.25) is 5.91 Å². The number of aromatic nitrogens is 1. The molecule has 2 N–H and O–H groups in total. The van der Waals surface area contributed by atoms with Crippen molar-refractivity contribution in [3.63, 3.8) is 0 Å². The molecule has 1 atom stereocenters. The Balaban J connectivity index is 1.91. The molecule has 1 aliphatic heterocycles. The molecule has 0 spiro atoms. The number of carbonyl (C=O) groups is 1. The quantitative estimate of drug-likeness (QED) is 0.731. The number of methoxy groups -OCH3 is 1. The van der Waals surface area contributed by atoms with Gasteiger partial charge in [-0.3, -0.25) is 9.78 Å². The second-order valence-corrected chi connectivity index (χ2v) is 6.18. The summed E-state index contributed by atoms with van der Waals surface area (Å²) in [7, 11) is 1.33. The molecule has 0 radical (unpaired) electrons. The number of hydrogen-bond acceptors (Lipinski definition) is 4. The van der Waals surface area contributed by atoms with Crippen LogP contribution in [0.15, 0.2) is 33.5 Å². The van der Waals surface area contributed by atoms with Gasteiger partial charge in [-0.1, -0.05) is 11.6 Å². The van der Waals surface area contributed by atoms with Gasteiger partial charge in [-0.05, 0) is 29.3 Å². The van der Waals surface area contributed by atoms with Crippen molar-refractivity contribution >= 4 is 34.3 Å². The van der Waals surface area contributed by atoms with Crippen molar-refractivity contribution in [2.45, 2.75) is 12.3 Å². The Kier molecular flexibility index (Phi) is 3.54. The van der Waals surface area contributed by atoms with E-state index in [1.807, 2.05) is 0 Å². The average Bonchev–Trinajstić information content (AvgIpc) is 2.90. The monoisotopic (exact) mass is 362 g/mol. The highest BCUT2D eigenvalue weighted by Crippen LogP contribution is 2.41. The van der Waals surface area contributed by atoms with Gasteiger partial charge in [-0.15, -0.1) is 0 Å². The maximum absolute atomic E-state index is 14.2. The molecular formula is C17H12ClFN2O4. The van der Waals surface area contributed by atoms with E-state index in [1.165, 1.54) is 13.2 Å². The second-order valence-electron chi connectivity index (χ2n) is 5.77. The maximum Gasteiger partial charge on any atom is 0.417 e. The minimum Gasteiger partial charge on any atom is -0.492 e. The zero-order chi connectivity index (χ0) is 17.7. The summed E-state index contributed by atoms with van der Waals surface area (Å²) >= 11 is 6.09. The van der Waals surface area contributed by atoms with Gasteiger partial charge in [0.1, 0.15) is 0 Å². The molecule has 0 fully saturated rings. The molecule has 25 heavy (non-hydrogen) atoms. The average molecular weight is 363 g/mol. The van der Waals surface area contributed by atoms with Crippen molar-refractivity contribution in [2.75, 3.05) is 12.4 Å². The highest BCUT2D eigenvalue weighted by Gasteiger charge is 2.29. The fourth-order valence-corrected chi connectivity index (χ4v) is 3.47. The minimum absolute atomic E-state index is 0.0412. The molecular weight excluding hydrogens is 351 g/mol. The van der Waals surface area contributed by atoms with E-state index in [4.69, 9.17) is 20.8 Å². The van der Waals surface area contributed by atoms with Gasteiger partial charge in [0.15, 0.2) is 17.1 Å². The lowest BCUT2D eigenvalue weighted by molar-refractivity contribution is -0.116. The van der Waals surface area contributed by atoms with Crippen LogP contribution in [0.3, 0.4) is 0 Å². The van der Waals surface area contributed by atoms with Crippen molar-refractivity contribution in [2.24, 2.45) is 0 Å². The summed E-state index contributed by atoms with van der Waals surface area (Å²) in [6.07, 6.45) is 0.128. The Morgan fingerprint density at radius 3 is 2.80 bits per heavy atom. The fourth-order valence-electron chi connectivity index (χ4n) is 3.18. The molecule has 1 aromatic heterocycles. The van der Waals surface area contributed by atoms with Gasteiger partial charge in [0.25, 0.3) is 0 Å². The molecule has 0 saturated carbocycles. The van der Waals surface area contributed by atoms with Crippen molar-refractivity contribution < 1.29 is 18.3 Å². The van der Waals surface area contributed by atoms with Gasteiger partial charge >= 0.3 is 5.76 Å². The molecule has 128 valence electrons. The standard InChI is InChI=1S/C17H12ClFN2O4/c1-24-16-10(18)2-7(3-11(16)19)8-5-15(22)20-12-6-14-13(4-9(8)12)21-17(23)25-14/h2-4,6,8H,5H2,1H3,(H,20,22)(H,21,23)/t8-/m1/s1. The predicted molar refractivity (Wildman–Crippen MR) is 89.9 cm³/mol. The third-order valence-electron chi connectivity index (χ3n) is 4.26. The smallest absolute Gasteiger partial charge is 0.417 e. The largest absolute Gasteiger partial charge is 0.492 e. The van der Waals surface area contributed by atoms with Crippen LogP contribution < -0.4 is 15.8 Å². The lowest BCUT2D eigenvalue weighted by atomic mass is 9.84. The molecule has 0 saturated heterocycles. The number of fused-ring (bicyclic) bond motifs is 2. The number of oxazole rings is 1. The van der Waals surface area contributed by atoms with E-state index < -0.39 is 17.5 Å². The Morgan fingerprint density at radius 1 is 1.28 bits per heavy atom. The number of hydrogen-bond donors (Lipinski definition) is 2. The molecule has 4 rings (SSSR count). The summed E-state index contributed by atoms with van der Waals surface area (Å²) in [5.74, 6) is -1.86. The molecule has 0 aliphatic carbocycles. The van der Waals surface area contributed by atoms with Crippen LogP contribution in [0.1, 0.15) is 23.5 Å². The first-order chi connectivity index (χ1) is 12.0. The SMILES string of the molecule is COc1c(F)cc([C@H]2CC(=O)Nc3cc4oc(=O)[nH]c4cc32)cc1Cl. The van der Waals surface area contributed by atoms with Crippen molar-refractivity contribution in [3.05, 3.63) is 56.8 Å². The number of aromatic amines is 1. The van der Waals surface area contributed by atoms with Crippen LogP contribution in [0.4, 0.5) is 10.1 Å². The van der Waals surface area contributed by atoms with Crippen molar-refractivity contribution in [1.82, 2.24) is 4.98 Å². The van der Waals surface area contributed by atoms with Crippen LogP contribution in [0.5, 0.6) is 5.75 Å². The van der Waals surface area contributed by atoms with Gasteiger partial charge in [-0.25, -0.2) is 9.18 Å². The Labute approximate surface area is 145 Å². The first-order valence-electron chi connectivity index (χ1n) is 7.46. The van der Waals surface area contributed by atoms with Crippen LogP contribution in [-0.2, 0) is 4.79 Å². The number of ether oxygens (including phenoxy) is 1. The summed E-state index contributed by atoms with van der Waals surface area (Å²) in [6, 6.07) is 6.18. The van der Waals surface area contributed by atoms with Gasteiger partial charge in [0, 0.05) is 24.1 Å². The Morgan fingerprint density at radius 2 is 2.08 bits per heavy atom. The van der Waals surface area contributed by atoms with Crippen LogP contribution in [0, 0.1) is 5.82 Å². The third-order valence-corrected chi connectivity index (χ3v) is 4.54. The highest BCUT2D eigenvalue weighted by atomic mass is 35.5. The highest BCUT2D eigenvalue weighted by molar-refractivity contribution is 6.32. The number of halogens is 2. The predicted octanol–water partition coefficient (Wildman–Crippen LogP) is 3.40. The molecule has 0 unspecified atom stereocenters. The molecule has 3 aromatic rings. The number of benzene rings is 2. The van der Waals surface area contributed by atoms with E-state index in [9.17, 15) is 14.0 Å². The molecule has 8 heteroatoms. The number of rotatable bonds is 2. The minimum atomic E-state index is -0.602. The summed E-state index contributed by atoms with van der Waals surface area (Å²) in [6.45, 7) is 0. The lowest BCUT2D eigenvalue weighted by Gasteiger charge is -2.26. The van der Waals surface area contributed by atoms with Gasteiger partial charge in [0.05, 0.1) is 17.6 Å². The van der Waals surface area contributed by atoms with Gasteiger partial charge in [-0.2, -0.15) is 0 Å². The topological polar surface area (TPSA) is 84.3 Å². The molecule has 1 aliphatic rings. The van der Waals surface area contributed by atoms with E-state index in [-0.39, 0.29) is 23.1 Å². The summed E-state index contributed by atoms with van der Waals surface area (Å²) in [5, 5.41) is 2.87. The van der Waals surface area contributed by atoms with E-state index >= 15 is 0 Å². The molecule has 0 bridgehead atoms. The number of carbonyl (C=O) groups excluding carboxylic acids is 1. The summed E-state index contributed by atoms with van der Waals surface area (Å²) in [5.41, 5.74) is 2.65. The summed E-state index contributed by atoms with van der Waals surface area (Å²) < 4.78 is 24.2. The van der Waals surface area contributed by atoms with E-state index in [1.54, 1.807) is 18.2 Å². The van der Waals surface area contributed by atoms with Crippen LogP contribution in [-0.4, -0.2) is 18.0 Å². The van der Waals surface area contributed by atoms with E-state index in [0.29, 0.717) is 22.4 Å². The number of H-pyrrole nitrogens is 1. The van der Waals surface area contributed by atoms with Crippen LogP contribution in [0.2, 0.25) is 5.02 Å². The van der Waals surface area contributed by atoms with Crippen LogP contribution in [0.25, 0.3) is 11.1 Å². The Bertz CT molecular complexity index is 1050. The normalized spacial score (nSPS) is 16.6. The zero-order valence-corrected chi connectivity index (χ0v) is 13.7. The van der Waals surface area contributed by atoms with Crippen molar-refractivity contribution in [3.8, 4) is 5.75 Å². The Hall–Kier alpha value is -2.80. The zero-order valence-electron chi connectivity index (χ0n) is 13.0. The maximum atomic E-state index is 14.2. The molecule has 6 nitrogen and oxygen atoms in total. The third kappa shape index (κ3) is 2.56. The molecule has 2 heterocycles.